The van der Waals surface area contributed by atoms with Crippen LogP contribution in [0.25, 0.3) is 0 Å². The van der Waals surface area contributed by atoms with Gasteiger partial charge >= 0.3 is 0 Å². The van der Waals surface area contributed by atoms with E-state index in [2.05, 4.69) is 71.5 Å². The minimum atomic E-state index is 0.161. The van der Waals surface area contributed by atoms with Crippen molar-refractivity contribution in [1.29, 1.82) is 0 Å². The van der Waals surface area contributed by atoms with Crippen LogP contribution in [-0.2, 0) is 0 Å². The van der Waals surface area contributed by atoms with Crippen molar-refractivity contribution in [2.75, 3.05) is 6.54 Å². The molecule has 0 spiro atoms. The fraction of sp³-hybridized carbons (Fsp3) is 0.294. The second-order valence-corrected chi connectivity index (χ2v) is 6.38. The molecule has 2 aromatic rings. The van der Waals surface area contributed by atoms with Crippen molar-refractivity contribution in [3.8, 4) is 0 Å². The number of benzene rings is 2. The highest BCUT2D eigenvalue weighted by atomic mass is 79.9. The van der Waals surface area contributed by atoms with Crippen molar-refractivity contribution in [3.63, 3.8) is 0 Å². The highest BCUT2D eigenvalue weighted by molar-refractivity contribution is 9.10. The molecule has 1 nitrogen and oxygen atoms in total. The Morgan fingerprint density at radius 3 is 2.45 bits per heavy atom. The summed E-state index contributed by atoms with van der Waals surface area (Å²) in [5.74, 6) is 0. The van der Waals surface area contributed by atoms with E-state index in [0.717, 1.165) is 21.6 Å². The molecular formula is C17H19BrClN. The Hall–Kier alpha value is -0.830. The Kier molecular flexibility index (Phi) is 5.25. The summed E-state index contributed by atoms with van der Waals surface area (Å²) >= 11 is 9.85. The monoisotopic (exact) mass is 351 g/mol. The van der Waals surface area contributed by atoms with Gasteiger partial charge in [-0.3, -0.25) is 0 Å². The van der Waals surface area contributed by atoms with Crippen LogP contribution in [0.4, 0.5) is 0 Å². The van der Waals surface area contributed by atoms with E-state index in [-0.39, 0.29) is 6.04 Å². The summed E-state index contributed by atoms with van der Waals surface area (Å²) in [4.78, 5) is 0. The lowest BCUT2D eigenvalue weighted by molar-refractivity contribution is 0.630. The molecule has 106 valence electrons. The van der Waals surface area contributed by atoms with Crippen molar-refractivity contribution in [2.24, 2.45) is 0 Å². The standard InChI is InChI=1S/C17H19BrClN/c1-4-20-17(13-6-5-12(3)16(19)10-13)14-7-11(2)8-15(18)9-14/h5-10,17,20H,4H2,1-3H3. The Labute approximate surface area is 134 Å². The van der Waals surface area contributed by atoms with Gasteiger partial charge in [0.1, 0.15) is 0 Å². The number of hydrogen-bond acceptors (Lipinski definition) is 1. The molecular weight excluding hydrogens is 334 g/mol. The van der Waals surface area contributed by atoms with E-state index < -0.39 is 0 Å². The third-order valence-electron chi connectivity index (χ3n) is 3.34. The Balaban J connectivity index is 2.46. The maximum atomic E-state index is 6.27. The van der Waals surface area contributed by atoms with Crippen molar-refractivity contribution in [2.45, 2.75) is 26.8 Å². The molecule has 0 fully saturated rings. The van der Waals surface area contributed by atoms with Gasteiger partial charge in [0.2, 0.25) is 0 Å². The molecule has 0 aromatic heterocycles. The first-order chi connectivity index (χ1) is 9.51. The average molecular weight is 353 g/mol. The van der Waals surface area contributed by atoms with Crippen LogP contribution in [0.1, 0.15) is 35.2 Å². The summed E-state index contributed by atoms with van der Waals surface area (Å²) in [5.41, 5.74) is 4.80. The highest BCUT2D eigenvalue weighted by Crippen LogP contribution is 2.28. The van der Waals surface area contributed by atoms with Crippen molar-refractivity contribution in [3.05, 3.63) is 68.1 Å². The molecule has 0 aliphatic heterocycles. The molecule has 0 saturated heterocycles. The average Bonchev–Trinajstić information content (AvgIpc) is 2.38. The lowest BCUT2D eigenvalue weighted by Gasteiger charge is -2.20. The Morgan fingerprint density at radius 2 is 1.85 bits per heavy atom. The summed E-state index contributed by atoms with van der Waals surface area (Å²) < 4.78 is 1.11. The molecule has 2 rings (SSSR count). The normalized spacial score (nSPS) is 12.4. The molecule has 1 atom stereocenters. The number of hydrogen-bond donors (Lipinski definition) is 1. The molecule has 1 N–H and O–H groups in total. The third kappa shape index (κ3) is 3.63. The number of rotatable bonds is 4. The molecule has 0 aliphatic carbocycles. The van der Waals surface area contributed by atoms with Gasteiger partial charge < -0.3 is 5.32 Å². The van der Waals surface area contributed by atoms with E-state index in [1.54, 1.807) is 0 Å². The molecule has 2 aromatic carbocycles. The van der Waals surface area contributed by atoms with Gasteiger partial charge in [-0.05, 0) is 60.8 Å². The first kappa shape index (κ1) is 15.6. The minimum Gasteiger partial charge on any atom is -0.307 e. The second kappa shape index (κ2) is 6.75. The third-order valence-corrected chi connectivity index (χ3v) is 4.20. The fourth-order valence-corrected chi connectivity index (χ4v) is 3.17. The zero-order valence-electron chi connectivity index (χ0n) is 12.0. The largest absolute Gasteiger partial charge is 0.307 e. The van der Waals surface area contributed by atoms with E-state index in [1.165, 1.54) is 16.7 Å². The van der Waals surface area contributed by atoms with Gasteiger partial charge in [-0.1, -0.05) is 52.7 Å². The summed E-state index contributed by atoms with van der Waals surface area (Å²) in [5, 5.41) is 4.35. The SMILES string of the molecule is CCNC(c1cc(C)cc(Br)c1)c1ccc(C)c(Cl)c1. The first-order valence-corrected chi connectivity index (χ1v) is 7.95. The topological polar surface area (TPSA) is 12.0 Å². The van der Waals surface area contributed by atoms with Crippen LogP contribution in [0, 0.1) is 13.8 Å². The van der Waals surface area contributed by atoms with Crippen LogP contribution in [0.15, 0.2) is 40.9 Å². The predicted molar refractivity (Wildman–Crippen MR) is 90.6 cm³/mol. The molecule has 20 heavy (non-hydrogen) atoms. The summed E-state index contributed by atoms with van der Waals surface area (Å²) in [6.45, 7) is 7.16. The van der Waals surface area contributed by atoms with Crippen molar-refractivity contribution in [1.82, 2.24) is 5.32 Å². The molecule has 1 unspecified atom stereocenters. The van der Waals surface area contributed by atoms with E-state index in [0.29, 0.717) is 0 Å². The van der Waals surface area contributed by atoms with Gasteiger partial charge in [0, 0.05) is 9.50 Å². The smallest absolute Gasteiger partial charge is 0.0577 e. The van der Waals surface area contributed by atoms with Crippen molar-refractivity contribution >= 4 is 27.5 Å². The van der Waals surface area contributed by atoms with Crippen LogP contribution in [0.3, 0.4) is 0 Å². The van der Waals surface area contributed by atoms with Gasteiger partial charge in [-0.2, -0.15) is 0 Å². The molecule has 0 bridgehead atoms. The van der Waals surface area contributed by atoms with Gasteiger partial charge in [0.05, 0.1) is 6.04 Å². The Bertz CT molecular complexity index is 590. The van der Waals surface area contributed by atoms with E-state index in [4.69, 9.17) is 11.6 Å². The van der Waals surface area contributed by atoms with Gasteiger partial charge in [-0.25, -0.2) is 0 Å². The maximum Gasteiger partial charge on any atom is 0.0577 e. The lowest BCUT2D eigenvalue weighted by Crippen LogP contribution is -2.22. The van der Waals surface area contributed by atoms with E-state index >= 15 is 0 Å². The molecule has 0 heterocycles. The van der Waals surface area contributed by atoms with Crippen molar-refractivity contribution < 1.29 is 0 Å². The number of aryl methyl sites for hydroxylation is 2. The van der Waals surface area contributed by atoms with Crippen LogP contribution >= 0.6 is 27.5 Å². The van der Waals surface area contributed by atoms with Crippen LogP contribution in [0.5, 0.6) is 0 Å². The number of nitrogens with one attached hydrogen (secondary N) is 1. The lowest BCUT2D eigenvalue weighted by atomic mass is 9.96. The fourth-order valence-electron chi connectivity index (χ4n) is 2.35. The summed E-state index contributed by atoms with van der Waals surface area (Å²) in [7, 11) is 0. The van der Waals surface area contributed by atoms with Gasteiger partial charge in [0.15, 0.2) is 0 Å². The predicted octanol–water partition coefficient (Wildman–Crippen LogP) is 5.42. The zero-order valence-corrected chi connectivity index (χ0v) is 14.3. The maximum absolute atomic E-state index is 6.27. The Morgan fingerprint density at radius 1 is 1.10 bits per heavy atom. The second-order valence-electron chi connectivity index (χ2n) is 5.06. The quantitative estimate of drug-likeness (QED) is 0.775. The number of halogens is 2. The van der Waals surface area contributed by atoms with E-state index in [1.807, 2.05) is 6.92 Å². The minimum absolute atomic E-state index is 0.161. The molecule has 0 amide bonds. The molecule has 0 aliphatic rings. The van der Waals surface area contributed by atoms with Gasteiger partial charge in [-0.15, -0.1) is 0 Å². The van der Waals surface area contributed by atoms with Crippen LogP contribution < -0.4 is 5.32 Å². The first-order valence-electron chi connectivity index (χ1n) is 6.77. The van der Waals surface area contributed by atoms with Crippen LogP contribution in [0.2, 0.25) is 5.02 Å². The zero-order chi connectivity index (χ0) is 14.7. The van der Waals surface area contributed by atoms with E-state index in [9.17, 15) is 0 Å². The van der Waals surface area contributed by atoms with Gasteiger partial charge in [0.25, 0.3) is 0 Å². The summed E-state index contributed by atoms with van der Waals surface area (Å²) in [6, 6.07) is 12.9. The molecule has 3 heteroatoms. The van der Waals surface area contributed by atoms with Crippen LogP contribution in [-0.4, -0.2) is 6.54 Å². The molecule has 0 saturated carbocycles. The summed E-state index contributed by atoms with van der Waals surface area (Å²) in [6.07, 6.45) is 0. The molecule has 0 radical (unpaired) electrons. The highest BCUT2D eigenvalue weighted by Gasteiger charge is 2.14.